The van der Waals surface area contributed by atoms with E-state index >= 15 is 0 Å². The number of nitrogens with zero attached hydrogens (tertiary/aromatic N) is 1. The molecule has 0 aliphatic carbocycles. The van der Waals surface area contributed by atoms with Gasteiger partial charge in [-0.15, -0.1) is 0 Å². The molecule has 1 heterocycles. The van der Waals surface area contributed by atoms with Crippen LogP contribution in [-0.4, -0.2) is 12.3 Å². The van der Waals surface area contributed by atoms with E-state index in [-0.39, 0.29) is 5.78 Å². The summed E-state index contributed by atoms with van der Waals surface area (Å²) in [7, 11) is 0. The van der Waals surface area contributed by atoms with Crippen LogP contribution in [0, 0.1) is 0 Å². The van der Waals surface area contributed by atoms with Gasteiger partial charge in [0.15, 0.2) is 5.78 Å². The Morgan fingerprint density at radius 2 is 1.95 bits per heavy atom. The number of rotatable bonds is 3. The third kappa shape index (κ3) is 2.39. The topological polar surface area (TPSA) is 20.3 Å². The van der Waals surface area contributed by atoms with Gasteiger partial charge in [-0.1, -0.05) is 30.3 Å². The Bertz CT molecular complexity index is 604. The molecule has 0 saturated heterocycles. The first-order valence-electron chi connectivity index (χ1n) is 6.67. The number of fused-ring (bicyclic) bond motifs is 1. The van der Waals surface area contributed by atoms with Crippen molar-refractivity contribution in [3.8, 4) is 0 Å². The van der Waals surface area contributed by atoms with Crippen LogP contribution < -0.4 is 4.90 Å². The summed E-state index contributed by atoms with van der Waals surface area (Å²) < 4.78 is 0. The Morgan fingerprint density at radius 1 is 1.16 bits per heavy atom. The highest BCUT2D eigenvalue weighted by atomic mass is 16.1. The normalized spacial score (nSPS) is 13.4. The van der Waals surface area contributed by atoms with Crippen LogP contribution in [-0.2, 0) is 13.0 Å². The Morgan fingerprint density at radius 3 is 2.68 bits per heavy atom. The molecule has 0 N–H and O–H groups in total. The molecule has 0 fully saturated rings. The summed E-state index contributed by atoms with van der Waals surface area (Å²) in [4.78, 5) is 13.8. The fraction of sp³-hybridized carbons (Fsp3) is 0.235. The van der Waals surface area contributed by atoms with Gasteiger partial charge in [-0.2, -0.15) is 0 Å². The number of Topliss-reactive ketones (excluding diaryl/α,β-unsaturated/α-hetero) is 1. The molecule has 0 atom stereocenters. The predicted octanol–water partition coefficient (Wildman–Crippen LogP) is 3.45. The van der Waals surface area contributed by atoms with Crippen LogP contribution >= 0.6 is 0 Å². The van der Waals surface area contributed by atoms with Gasteiger partial charge in [0.1, 0.15) is 0 Å². The Balaban J connectivity index is 1.84. The molecule has 0 spiro atoms. The summed E-state index contributed by atoms with van der Waals surface area (Å²) in [5.74, 6) is 0.143. The predicted molar refractivity (Wildman–Crippen MR) is 77.6 cm³/mol. The molecule has 2 aromatic rings. The van der Waals surface area contributed by atoms with Crippen molar-refractivity contribution < 1.29 is 4.79 Å². The molecule has 0 unspecified atom stereocenters. The standard InChI is InChI=1S/C17H17NO/c1-13(19)15-7-8-17-16(11-15)9-10-18(17)12-14-5-3-2-4-6-14/h2-8,11H,9-10,12H2,1H3. The highest BCUT2D eigenvalue weighted by Gasteiger charge is 2.19. The molecule has 2 heteroatoms. The summed E-state index contributed by atoms with van der Waals surface area (Å²) in [5, 5.41) is 0. The maximum Gasteiger partial charge on any atom is 0.159 e. The fourth-order valence-electron chi connectivity index (χ4n) is 2.66. The zero-order valence-electron chi connectivity index (χ0n) is 11.1. The van der Waals surface area contributed by atoms with Gasteiger partial charge in [0.05, 0.1) is 0 Å². The van der Waals surface area contributed by atoms with E-state index in [2.05, 4.69) is 35.2 Å². The number of ketones is 1. The molecule has 0 amide bonds. The molecule has 1 aliphatic rings. The monoisotopic (exact) mass is 251 g/mol. The van der Waals surface area contributed by atoms with E-state index in [4.69, 9.17) is 0 Å². The minimum absolute atomic E-state index is 0.143. The average Bonchev–Trinajstić information content (AvgIpc) is 2.82. The van der Waals surface area contributed by atoms with Gasteiger partial charge < -0.3 is 4.90 Å². The van der Waals surface area contributed by atoms with Crippen LogP contribution in [0.25, 0.3) is 0 Å². The van der Waals surface area contributed by atoms with Crippen molar-refractivity contribution in [3.63, 3.8) is 0 Å². The smallest absolute Gasteiger partial charge is 0.159 e. The first-order valence-corrected chi connectivity index (χ1v) is 6.67. The van der Waals surface area contributed by atoms with Gasteiger partial charge in [-0.25, -0.2) is 0 Å². The SMILES string of the molecule is CC(=O)c1ccc2c(c1)CCN2Cc1ccccc1. The van der Waals surface area contributed by atoms with Gasteiger partial charge in [0.25, 0.3) is 0 Å². The fourth-order valence-corrected chi connectivity index (χ4v) is 2.66. The van der Waals surface area contributed by atoms with Crippen molar-refractivity contribution >= 4 is 11.5 Å². The first-order chi connectivity index (χ1) is 9.24. The molecule has 19 heavy (non-hydrogen) atoms. The van der Waals surface area contributed by atoms with Crippen LogP contribution in [0.1, 0.15) is 28.4 Å². The molecule has 96 valence electrons. The van der Waals surface area contributed by atoms with Gasteiger partial charge in [0, 0.05) is 24.3 Å². The molecule has 0 aromatic heterocycles. The van der Waals surface area contributed by atoms with E-state index in [9.17, 15) is 4.79 Å². The minimum atomic E-state index is 0.143. The number of benzene rings is 2. The first kappa shape index (κ1) is 12.0. The highest BCUT2D eigenvalue weighted by Crippen LogP contribution is 2.30. The molecular weight excluding hydrogens is 234 g/mol. The van der Waals surface area contributed by atoms with Gasteiger partial charge >= 0.3 is 0 Å². The lowest BCUT2D eigenvalue weighted by Gasteiger charge is -2.19. The summed E-state index contributed by atoms with van der Waals surface area (Å²) in [6.45, 7) is 3.59. The maximum atomic E-state index is 11.4. The second-order valence-electron chi connectivity index (χ2n) is 5.06. The molecule has 0 bridgehead atoms. The molecule has 3 rings (SSSR count). The molecule has 0 radical (unpaired) electrons. The van der Waals surface area contributed by atoms with Crippen molar-refractivity contribution in [3.05, 3.63) is 65.2 Å². The van der Waals surface area contributed by atoms with E-state index in [0.717, 1.165) is 25.1 Å². The van der Waals surface area contributed by atoms with E-state index < -0.39 is 0 Å². The van der Waals surface area contributed by atoms with Crippen molar-refractivity contribution in [2.24, 2.45) is 0 Å². The quantitative estimate of drug-likeness (QED) is 0.779. The van der Waals surface area contributed by atoms with Crippen molar-refractivity contribution in [1.29, 1.82) is 0 Å². The van der Waals surface area contributed by atoms with Gasteiger partial charge in [0.2, 0.25) is 0 Å². The van der Waals surface area contributed by atoms with Gasteiger partial charge in [-0.3, -0.25) is 4.79 Å². The van der Waals surface area contributed by atoms with E-state index in [1.807, 2.05) is 18.2 Å². The number of hydrogen-bond acceptors (Lipinski definition) is 2. The van der Waals surface area contributed by atoms with E-state index in [1.54, 1.807) is 6.92 Å². The van der Waals surface area contributed by atoms with Crippen LogP contribution in [0.15, 0.2) is 48.5 Å². The Hall–Kier alpha value is -2.09. The lowest BCUT2D eigenvalue weighted by Crippen LogP contribution is -2.19. The van der Waals surface area contributed by atoms with Crippen LogP contribution in [0.4, 0.5) is 5.69 Å². The third-order valence-electron chi connectivity index (χ3n) is 3.69. The summed E-state index contributed by atoms with van der Waals surface area (Å²) >= 11 is 0. The number of hydrogen-bond donors (Lipinski definition) is 0. The number of anilines is 1. The average molecular weight is 251 g/mol. The Kier molecular flexibility index (Phi) is 3.08. The van der Waals surface area contributed by atoms with E-state index in [0.29, 0.717) is 0 Å². The lowest BCUT2D eigenvalue weighted by atomic mass is 10.1. The van der Waals surface area contributed by atoms with Crippen LogP contribution in [0.5, 0.6) is 0 Å². The molecule has 1 aliphatic heterocycles. The highest BCUT2D eigenvalue weighted by molar-refractivity contribution is 5.94. The molecule has 2 nitrogen and oxygen atoms in total. The number of carbonyl (C=O) groups excluding carboxylic acids is 1. The van der Waals surface area contributed by atoms with E-state index in [1.165, 1.54) is 16.8 Å². The van der Waals surface area contributed by atoms with Crippen molar-refractivity contribution in [2.75, 3.05) is 11.4 Å². The second kappa shape index (κ2) is 4.88. The van der Waals surface area contributed by atoms with Crippen LogP contribution in [0.2, 0.25) is 0 Å². The maximum absolute atomic E-state index is 11.4. The van der Waals surface area contributed by atoms with Crippen molar-refractivity contribution in [2.45, 2.75) is 19.9 Å². The zero-order valence-corrected chi connectivity index (χ0v) is 11.1. The molecular formula is C17H17NO. The minimum Gasteiger partial charge on any atom is -0.367 e. The molecule has 2 aromatic carbocycles. The van der Waals surface area contributed by atoms with Gasteiger partial charge in [-0.05, 0) is 42.7 Å². The largest absolute Gasteiger partial charge is 0.367 e. The second-order valence-corrected chi connectivity index (χ2v) is 5.06. The summed E-state index contributed by atoms with van der Waals surface area (Å²) in [6, 6.07) is 16.6. The van der Waals surface area contributed by atoms with Crippen LogP contribution in [0.3, 0.4) is 0 Å². The summed E-state index contributed by atoms with van der Waals surface area (Å²) in [6.07, 6.45) is 1.03. The third-order valence-corrected chi connectivity index (χ3v) is 3.69. The molecule has 0 saturated carbocycles. The summed E-state index contributed by atoms with van der Waals surface area (Å²) in [5.41, 5.74) is 4.71. The number of carbonyl (C=O) groups is 1. The zero-order chi connectivity index (χ0) is 13.2. The lowest BCUT2D eigenvalue weighted by molar-refractivity contribution is 0.101. The van der Waals surface area contributed by atoms with Crippen molar-refractivity contribution in [1.82, 2.24) is 0 Å². The Labute approximate surface area is 113 Å².